The Balaban J connectivity index is 1.28. The maximum absolute atomic E-state index is 12.2. The number of likely N-dealkylation sites (tertiary alicyclic amines) is 1. The van der Waals surface area contributed by atoms with Gasteiger partial charge in [-0.05, 0) is 36.4 Å². The van der Waals surface area contributed by atoms with Crippen LogP contribution in [0.25, 0.3) is 11.4 Å². The minimum absolute atomic E-state index is 0.0613. The molecule has 1 aromatic heterocycles. The van der Waals surface area contributed by atoms with Gasteiger partial charge in [-0.25, -0.2) is 0 Å². The zero-order valence-electron chi connectivity index (χ0n) is 15.3. The number of hydrogen-bond acceptors (Lipinski definition) is 6. The third-order valence-corrected chi connectivity index (χ3v) is 4.81. The number of methoxy groups -OCH3 is 1. The maximum Gasteiger partial charge on any atom is 0.238 e. The standard InChI is InChI=1S/C20H19ClN4O3/c1-27-17-7-5-16(6-8-17)22-18(26)12-25-10-14(11-25)20-23-19(24-28-20)13-3-2-4-15(21)9-13/h2-9,14H,10-12H2,1H3,(H,22,26). The minimum Gasteiger partial charge on any atom is -0.497 e. The van der Waals surface area contributed by atoms with E-state index >= 15 is 0 Å². The molecule has 7 nitrogen and oxygen atoms in total. The van der Waals surface area contributed by atoms with Crippen molar-refractivity contribution in [2.24, 2.45) is 0 Å². The summed E-state index contributed by atoms with van der Waals surface area (Å²) in [7, 11) is 1.61. The summed E-state index contributed by atoms with van der Waals surface area (Å²) in [6.07, 6.45) is 0. The molecule has 0 saturated carbocycles. The lowest BCUT2D eigenvalue weighted by Gasteiger charge is -2.36. The van der Waals surface area contributed by atoms with Gasteiger partial charge < -0.3 is 14.6 Å². The number of carbonyl (C=O) groups excluding carboxylic acids is 1. The molecule has 1 N–H and O–H groups in total. The summed E-state index contributed by atoms with van der Waals surface area (Å²) in [5.74, 6) is 1.93. The number of nitrogens with one attached hydrogen (secondary N) is 1. The Hall–Kier alpha value is -2.90. The van der Waals surface area contributed by atoms with E-state index in [4.69, 9.17) is 20.9 Å². The first kappa shape index (κ1) is 18.5. The van der Waals surface area contributed by atoms with E-state index < -0.39 is 0 Å². The van der Waals surface area contributed by atoms with Crippen molar-refractivity contribution in [2.75, 3.05) is 32.1 Å². The highest BCUT2D eigenvalue weighted by atomic mass is 35.5. The van der Waals surface area contributed by atoms with E-state index in [-0.39, 0.29) is 11.8 Å². The first-order chi connectivity index (χ1) is 13.6. The lowest BCUT2D eigenvalue weighted by molar-refractivity contribution is -0.118. The molecule has 144 valence electrons. The summed E-state index contributed by atoms with van der Waals surface area (Å²) in [6, 6.07) is 14.6. The molecular formula is C20H19ClN4O3. The Bertz CT molecular complexity index is 968. The fourth-order valence-electron chi connectivity index (χ4n) is 3.08. The van der Waals surface area contributed by atoms with Gasteiger partial charge in [-0.2, -0.15) is 4.98 Å². The Kier molecular flexibility index (Phi) is 5.27. The highest BCUT2D eigenvalue weighted by Gasteiger charge is 2.33. The smallest absolute Gasteiger partial charge is 0.238 e. The number of rotatable bonds is 6. The van der Waals surface area contributed by atoms with Crippen LogP contribution in [-0.4, -0.2) is 47.7 Å². The largest absolute Gasteiger partial charge is 0.497 e. The van der Waals surface area contributed by atoms with Crippen LogP contribution in [0, 0.1) is 0 Å². The quantitative estimate of drug-likeness (QED) is 0.685. The molecule has 4 rings (SSSR count). The second-order valence-electron chi connectivity index (χ2n) is 6.63. The van der Waals surface area contributed by atoms with Crippen LogP contribution in [0.4, 0.5) is 5.69 Å². The normalized spacial score (nSPS) is 14.5. The molecule has 28 heavy (non-hydrogen) atoms. The van der Waals surface area contributed by atoms with Crippen LogP contribution in [0.5, 0.6) is 5.75 Å². The summed E-state index contributed by atoms with van der Waals surface area (Å²) in [6.45, 7) is 1.72. The number of amides is 1. The maximum atomic E-state index is 12.2. The SMILES string of the molecule is COc1ccc(NC(=O)CN2CC(c3nc(-c4cccc(Cl)c4)no3)C2)cc1. The molecule has 2 heterocycles. The summed E-state index contributed by atoms with van der Waals surface area (Å²) in [5, 5.41) is 7.54. The number of hydrogen-bond donors (Lipinski definition) is 1. The van der Waals surface area contributed by atoms with Gasteiger partial charge in [0.2, 0.25) is 17.6 Å². The topological polar surface area (TPSA) is 80.5 Å². The number of carbonyl (C=O) groups is 1. The molecule has 8 heteroatoms. The van der Waals surface area contributed by atoms with Crippen molar-refractivity contribution in [3.8, 4) is 17.1 Å². The Morgan fingerprint density at radius 3 is 2.79 bits per heavy atom. The van der Waals surface area contributed by atoms with Crippen molar-refractivity contribution < 1.29 is 14.1 Å². The molecule has 1 fully saturated rings. The summed E-state index contributed by atoms with van der Waals surface area (Å²) in [4.78, 5) is 18.7. The number of halogens is 1. The third-order valence-electron chi connectivity index (χ3n) is 4.57. The Labute approximate surface area is 167 Å². The van der Waals surface area contributed by atoms with Crippen molar-refractivity contribution in [1.29, 1.82) is 0 Å². The Morgan fingerprint density at radius 2 is 2.07 bits per heavy atom. The average molecular weight is 399 g/mol. The molecular weight excluding hydrogens is 380 g/mol. The second-order valence-corrected chi connectivity index (χ2v) is 7.07. The predicted octanol–water partition coefficient (Wildman–Crippen LogP) is 3.44. The van der Waals surface area contributed by atoms with Crippen LogP contribution in [0.3, 0.4) is 0 Å². The summed E-state index contributed by atoms with van der Waals surface area (Å²) >= 11 is 6.01. The molecule has 1 aliphatic heterocycles. The van der Waals surface area contributed by atoms with E-state index in [2.05, 4.69) is 15.5 Å². The fourth-order valence-corrected chi connectivity index (χ4v) is 3.27. The number of anilines is 1. The average Bonchev–Trinajstić information content (AvgIpc) is 3.14. The highest BCUT2D eigenvalue weighted by Crippen LogP contribution is 2.28. The highest BCUT2D eigenvalue weighted by molar-refractivity contribution is 6.30. The lowest BCUT2D eigenvalue weighted by atomic mass is 10.0. The Morgan fingerprint density at radius 1 is 1.29 bits per heavy atom. The van der Waals surface area contributed by atoms with Gasteiger partial charge >= 0.3 is 0 Å². The van der Waals surface area contributed by atoms with Gasteiger partial charge in [-0.15, -0.1) is 0 Å². The van der Waals surface area contributed by atoms with Crippen LogP contribution >= 0.6 is 11.6 Å². The van der Waals surface area contributed by atoms with Crippen molar-refractivity contribution >= 4 is 23.2 Å². The molecule has 0 unspecified atom stereocenters. The molecule has 3 aromatic rings. The van der Waals surface area contributed by atoms with Gasteiger partial charge in [-0.3, -0.25) is 9.69 Å². The van der Waals surface area contributed by atoms with Crippen LogP contribution in [0.15, 0.2) is 53.1 Å². The summed E-state index contributed by atoms with van der Waals surface area (Å²) in [5.41, 5.74) is 1.56. The molecule has 0 bridgehead atoms. The van der Waals surface area contributed by atoms with E-state index in [1.807, 2.05) is 41.3 Å². The van der Waals surface area contributed by atoms with Gasteiger partial charge in [0.1, 0.15) is 5.75 Å². The molecule has 1 saturated heterocycles. The summed E-state index contributed by atoms with van der Waals surface area (Å²) < 4.78 is 10.5. The van der Waals surface area contributed by atoms with Crippen molar-refractivity contribution in [1.82, 2.24) is 15.0 Å². The van der Waals surface area contributed by atoms with Crippen molar-refractivity contribution in [3.63, 3.8) is 0 Å². The van der Waals surface area contributed by atoms with Crippen LogP contribution in [-0.2, 0) is 4.79 Å². The van der Waals surface area contributed by atoms with Gasteiger partial charge in [0.15, 0.2) is 0 Å². The van der Waals surface area contributed by atoms with E-state index in [1.54, 1.807) is 19.2 Å². The van der Waals surface area contributed by atoms with Crippen LogP contribution in [0.2, 0.25) is 5.02 Å². The van der Waals surface area contributed by atoms with Gasteiger partial charge in [0.05, 0.1) is 19.6 Å². The molecule has 1 amide bonds. The molecule has 2 aromatic carbocycles. The zero-order valence-corrected chi connectivity index (χ0v) is 16.0. The van der Waals surface area contributed by atoms with Crippen molar-refractivity contribution in [2.45, 2.75) is 5.92 Å². The second kappa shape index (κ2) is 8.00. The zero-order chi connectivity index (χ0) is 19.5. The number of benzene rings is 2. The lowest BCUT2D eigenvalue weighted by Crippen LogP contribution is -2.48. The predicted molar refractivity (Wildman–Crippen MR) is 106 cm³/mol. The molecule has 0 radical (unpaired) electrons. The van der Waals surface area contributed by atoms with Crippen LogP contribution < -0.4 is 10.1 Å². The third kappa shape index (κ3) is 4.16. The van der Waals surface area contributed by atoms with Gasteiger partial charge in [0, 0.05) is 29.4 Å². The minimum atomic E-state index is -0.0613. The van der Waals surface area contributed by atoms with Crippen LogP contribution in [0.1, 0.15) is 11.8 Å². The number of ether oxygens (including phenoxy) is 1. The fraction of sp³-hybridized carbons (Fsp3) is 0.250. The number of nitrogens with zero attached hydrogens (tertiary/aromatic N) is 3. The van der Waals surface area contributed by atoms with Crippen molar-refractivity contribution in [3.05, 3.63) is 59.4 Å². The molecule has 0 atom stereocenters. The number of aromatic nitrogens is 2. The monoisotopic (exact) mass is 398 g/mol. The van der Waals surface area contributed by atoms with Gasteiger partial charge in [-0.1, -0.05) is 28.9 Å². The van der Waals surface area contributed by atoms with E-state index in [0.717, 1.165) is 17.0 Å². The van der Waals surface area contributed by atoms with E-state index in [9.17, 15) is 4.79 Å². The molecule has 0 spiro atoms. The first-order valence-corrected chi connectivity index (χ1v) is 9.24. The van der Waals surface area contributed by atoms with E-state index in [0.29, 0.717) is 36.4 Å². The molecule has 1 aliphatic rings. The molecule has 0 aliphatic carbocycles. The first-order valence-electron chi connectivity index (χ1n) is 8.86. The van der Waals surface area contributed by atoms with E-state index in [1.165, 1.54) is 0 Å². The van der Waals surface area contributed by atoms with Gasteiger partial charge in [0.25, 0.3) is 0 Å².